The Hall–Kier alpha value is -3.08. The van der Waals surface area contributed by atoms with Crippen molar-refractivity contribution in [3.63, 3.8) is 0 Å². The number of benzene rings is 1. The van der Waals surface area contributed by atoms with Gasteiger partial charge in [0.15, 0.2) is 5.65 Å². The average molecular weight is 481 g/mol. The molecule has 3 aromatic heterocycles. The van der Waals surface area contributed by atoms with E-state index in [0.717, 1.165) is 29.6 Å². The Morgan fingerprint density at radius 2 is 2.12 bits per heavy atom. The number of nitrogens with two attached hydrogens (primary N) is 2. The van der Waals surface area contributed by atoms with Crippen molar-refractivity contribution in [2.24, 2.45) is 23.3 Å². The highest BCUT2D eigenvalue weighted by molar-refractivity contribution is 7.09. The second-order valence-corrected chi connectivity index (χ2v) is 9.98. The quantitative estimate of drug-likeness (QED) is 0.398. The van der Waals surface area contributed by atoms with E-state index in [9.17, 15) is 4.79 Å². The molecule has 1 aromatic carbocycles. The third-order valence-corrected chi connectivity index (χ3v) is 8.45. The fraction of sp³-hybridized carbons (Fsp3) is 0.318. The Morgan fingerprint density at radius 3 is 2.76 bits per heavy atom. The molecule has 1 unspecified atom stereocenters. The molecule has 11 heteroatoms. The van der Waals surface area contributed by atoms with E-state index >= 15 is 0 Å². The van der Waals surface area contributed by atoms with E-state index in [-0.39, 0.29) is 5.41 Å². The highest BCUT2D eigenvalue weighted by Crippen LogP contribution is 2.63. The SMILES string of the molecule is Cc1csc(C2(CN)[C@@H]3CN(c4cnc5c(-c6ccc(C(N)=O)cc6Cl)n[nH]c5n4)C[C@@H]32)n1. The van der Waals surface area contributed by atoms with Crippen molar-refractivity contribution in [1.82, 2.24) is 25.1 Å². The molecule has 1 aliphatic carbocycles. The Morgan fingerprint density at radius 1 is 1.33 bits per heavy atom. The van der Waals surface area contributed by atoms with Crippen LogP contribution in [0.3, 0.4) is 0 Å². The number of hydrogen-bond donors (Lipinski definition) is 3. The summed E-state index contributed by atoms with van der Waals surface area (Å²) in [6, 6.07) is 4.87. The number of carbonyl (C=O) groups excluding carboxylic acids is 1. The molecule has 168 valence electrons. The molecule has 33 heavy (non-hydrogen) atoms. The summed E-state index contributed by atoms with van der Waals surface area (Å²) < 4.78 is 0. The zero-order valence-electron chi connectivity index (χ0n) is 17.7. The van der Waals surface area contributed by atoms with Crippen molar-refractivity contribution in [3.05, 3.63) is 51.1 Å². The van der Waals surface area contributed by atoms with Gasteiger partial charge in [-0.2, -0.15) is 5.10 Å². The molecule has 4 aromatic rings. The predicted molar refractivity (Wildman–Crippen MR) is 127 cm³/mol. The minimum Gasteiger partial charge on any atom is -0.366 e. The van der Waals surface area contributed by atoms with Crippen LogP contribution >= 0.6 is 22.9 Å². The summed E-state index contributed by atoms with van der Waals surface area (Å²) >= 11 is 8.10. The number of primary amides is 1. The van der Waals surface area contributed by atoms with E-state index in [2.05, 4.69) is 25.5 Å². The van der Waals surface area contributed by atoms with Gasteiger partial charge in [0.2, 0.25) is 5.91 Å². The van der Waals surface area contributed by atoms with Gasteiger partial charge in [-0.1, -0.05) is 17.7 Å². The Balaban J connectivity index is 1.26. The maximum atomic E-state index is 11.4. The molecule has 9 nitrogen and oxygen atoms in total. The molecule has 2 aliphatic rings. The standard InChI is InChI=1S/C22H21ClN8OS/c1-10-8-33-21(27-10)22(9-24)13-6-31(7-14(13)22)16-5-26-18-17(29-30-20(18)28-16)12-3-2-11(19(25)32)4-15(12)23/h2-5,8,13-14H,6-7,9,24H2,1H3,(H2,25,32)(H,28,29,30)/t13-,14+,22?. The lowest BCUT2D eigenvalue weighted by atomic mass is 10.0. The number of aromatic nitrogens is 5. The van der Waals surface area contributed by atoms with Gasteiger partial charge in [-0.15, -0.1) is 11.3 Å². The molecule has 1 amide bonds. The van der Waals surface area contributed by atoms with Gasteiger partial charge in [0.1, 0.15) is 22.0 Å². The van der Waals surface area contributed by atoms with Crippen LogP contribution < -0.4 is 16.4 Å². The molecular weight excluding hydrogens is 460 g/mol. The van der Waals surface area contributed by atoms with Crippen molar-refractivity contribution in [1.29, 1.82) is 0 Å². The molecule has 6 rings (SSSR count). The summed E-state index contributed by atoms with van der Waals surface area (Å²) in [6.45, 7) is 4.40. The summed E-state index contributed by atoms with van der Waals surface area (Å²) in [5.41, 5.74) is 15.4. The number of thiazole rings is 1. The van der Waals surface area contributed by atoms with Gasteiger partial charge >= 0.3 is 0 Å². The Bertz CT molecular complexity index is 1400. The summed E-state index contributed by atoms with van der Waals surface area (Å²) in [7, 11) is 0. The highest BCUT2D eigenvalue weighted by Gasteiger charge is 2.69. The lowest BCUT2D eigenvalue weighted by Gasteiger charge is -2.25. The van der Waals surface area contributed by atoms with Gasteiger partial charge in [0.05, 0.1) is 11.2 Å². The molecule has 2 fully saturated rings. The number of aryl methyl sites for hydroxylation is 1. The lowest BCUT2D eigenvalue weighted by molar-refractivity contribution is 0.100. The van der Waals surface area contributed by atoms with Crippen LogP contribution in [-0.2, 0) is 5.41 Å². The Kier molecular flexibility index (Phi) is 4.48. The Labute approximate surface area is 198 Å². The summed E-state index contributed by atoms with van der Waals surface area (Å²) in [5, 5.41) is 11.0. The molecule has 0 spiro atoms. The smallest absolute Gasteiger partial charge is 0.248 e. The summed E-state index contributed by atoms with van der Waals surface area (Å²) in [6.07, 6.45) is 1.77. The average Bonchev–Trinajstić information content (AvgIpc) is 3.28. The first-order valence-electron chi connectivity index (χ1n) is 10.6. The normalized spacial score (nSPS) is 23.8. The topological polar surface area (TPSA) is 140 Å². The van der Waals surface area contributed by atoms with Crippen LogP contribution in [0, 0.1) is 18.8 Å². The molecule has 0 radical (unpaired) electrons. The second-order valence-electron chi connectivity index (χ2n) is 8.71. The molecular formula is C22H21ClN8OS. The highest BCUT2D eigenvalue weighted by atomic mass is 35.5. The molecule has 3 atom stereocenters. The van der Waals surface area contributed by atoms with Crippen LogP contribution in [0.4, 0.5) is 5.82 Å². The number of carbonyl (C=O) groups is 1. The van der Waals surface area contributed by atoms with Crippen LogP contribution in [0.1, 0.15) is 21.1 Å². The van der Waals surface area contributed by atoms with Gasteiger partial charge in [0.25, 0.3) is 0 Å². The lowest BCUT2D eigenvalue weighted by Crippen LogP contribution is -2.35. The zero-order chi connectivity index (χ0) is 22.9. The number of piperidine rings is 1. The first-order valence-corrected chi connectivity index (χ1v) is 11.9. The van der Waals surface area contributed by atoms with E-state index in [0.29, 0.717) is 51.4 Å². The minimum absolute atomic E-state index is 0.00192. The fourth-order valence-corrected chi connectivity index (χ4v) is 6.60. The first kappa shape index (κ1) is 20.5. The second kappa shape index (κ2) is 7.21. The first-order chi connectivity index (χ1) is 15.9. The zero-order valence-corrected chi connectivity index (χ0v) is 19.3. The predicted octanol–water partition coefficient (Wildman–Crippen LogP) is 2.50. The number of anilines is 1. The van der Waals surface area contributed by atoms with E-state index < -0.39 is 5.91 Å². The van der Waals surface area contributed by atoms with Crippen molar-refractivity contribution in [2.75, 3.05) is 24.5 Å². The van der Waals surface area contributed by atoms with Crippen LogP contribution in [0.25, 0.3) is 22.4 Å². The molecule has 1 saturated heterocycles. The van der Waals surface area contributed by atoms with Gasteiger partial charge in [0, 0.05) is 47.3 Å². The summed E-state index contributed by atoms with van der Waals surface area (Å²) in [5.74, 6) is 1.23. The van der Waals surface area contributed by atoms with Gasteiger partial charge in [-0.3, -0.25) is 9.89 Å². The minimum atomic E-state index is -0.535. The number of H-pyrrole nitrogens is 1. The number of rotatable bonds is 5. The van der Waals surface area contributed by atoms with E-state index in [1.165, 1.54) is 6.07 Å². The van der Waals surface area contributed by atoms with Crippen molar-refractivity contribution in [2.45, 2.75) is 12.3 Å². The molecule has 4 heterocycles. The number of aromatic amines is 1. The largest absolute Gasteiger partial charge is 0.366 e. The van der Waals surface area contributed by atoms with Gasteiger partial charge in [-0.05, 0) is 30.9 Å². The molecule has 5 N–H and O–H groups in total. The van der Waals surface area contributed by atoms with Crippen LogP contribution in [0.5, 0.6) is 0 Å². The fourth-order valence-electron chi connectivity index (χ4n) is 5.19. The number of hydrogen-bond acceptors (Lipinski definition) is 8. The molecule has 1 saturated carbocycles. The van der Waals surface area contributed by atoms with E-state index in [1.54, 1.807) is 29.7 Å². The number of nitrogens with zero attached hydrogens (tertiary/aromatic N) is 5. The van der Waals surface area contributed by atoms with E-state index in [4.69, 9.17) is 33.0 Å². The van der Waals surface area contributed by atoms with E-state index in [1.807, 2.05) is 6.92 Å². The maximum Gasteiger partial charge on any atom is 0.248 e. The van der Waals surface area contributed by atoms with Gasteiger partial charge in [-0.25, -0.2) is 15.0 Å². The van der Waals surface area contributed by atoms with Crippen LogP contribution in [-0.4, -0.2) is 50.7 Å². The third kappa shape index (κ3) is 2.98. The van der Waals surface area contributed by atoms with Crippen molar-refractivity contribution < 1.29 is 4.79 Å². The van der Waals surface area contributed by atoms with Crippen molar-refractivity contribution in [3.8, 4) is 11.3 Å². The number of amides is 1. The number of fused-ring (bicyclic) bond motifs is 2. The third-order valence-electron chi connectivity index (χ3n) is 6.98. The molecule has 0 bridgehead atoms. The number of nitrogens with one attached hydrogen (secondary N) is 1. The monoisotopic (exact) mass is 480 g/mol. The summed E-state index contributed by atoms with van der Waals surface area (Å²) in [4.78, 5) is 27.8. The van der Waals surface area contributed by atoms with Crippen LogP contribution in [0.15, 0.2) is 29.8 Å². The number of halogens is 1. The van der Waals surface area contributed by atoms with Crippen molar-refractivity contribution >= 4 is 45.8 Å². The molecule has 1 aliphatic heterocycles. The van der Waals surface area contributed by atoms with Gasteiger partial charge < -0.3 is 16.4 Å². The maximum absolute atomic E-state index is 11.4. The van der Waals surface area contributed by atoms with Crippen LogP contribution in [0.2, 0.25) is 5.02 Å².